The number of hydrogen-bond acceptors (Lipinski definition) is 4. The van der Waals surface area contributed by atoms with Gasteiger partial charge in [-0.05, 0) is 31.2 Å². The third kappa shape index (κ3) is 3.87. The lowest BCUT2D eigenvalue weighted by molar-refractivity contribution is -0.385. The highest BCUT2D eigenvalue weighted by Crippen LogP contribution is 2.28. The Morgan fingerprint density at radius 2 is 2.20 bits per heavy atom. The van der Waals surface area contributed by atoms with Crippen LogP contribution in [0.15, 0.2) is 18.2 Å². The van der Waals surface area contributed by atoms with Gasteiger partial charge >= 0.3 is 0 Å². The van der Waals surface area contributed by atoms with Crippen molar-refractivity contribution in [1.82, 2.24) is 5.32 Å². The second-order valence-electron chi connectivity index (χ2n) is 5.08. The normalized spacial score (nSPS) is 22.7. The van der Waals surface area contributed by atoms with Crippen LogP contribution in [0.25, 0.3) is 0 Å². The number of hydrogen-bond donors (Lipinski definition) is 1. The Labute approximate surface area is 128 Å². The number of thioether (sulfide) groups is 1. The zero-order chi connectivity index (χ0) is 14.5. The molecule has 2 rings (SSSR count). The number of benzene rings is 1. The molecule has 110 valence electrons. The van der Waals surface area contributed by atoms with Crippen molar-refractivity contribution in [1.29, 1.82) is 0 Å². The summed E-state index contributed by atoms with van der Waals surface area (Å²) in [5.41, 5.74) is 0.798. The molecule has 4 nitrogen and oxygen atoms in total. The van der Waals surface area contributed by atoms with Gasteiger partial charge in [-0.15, -0.1) is 0 Å². The van der Waals surface area contributed by atoms with Crippen LogP contribution in [-0.2, 0) is 6.54 Å². The van der Waals surface area contributed by atoms with Gasteiger partial charge in [0, 0.05) is 34.5 Å². The molecule has 1 aromatic rings. The lowest BCUT2D eigenvalue weighted by Crippen LogP contribution is -2.40. The Hall–Kier alpha value is -0.780. The van der Waals surface area contributed by atoms with Crippen LogP contribution in [-0.4, -0.2) is 22.5 Å². The van der Waals surface area contributed by atoms with Crippen LogP contribution in [0.1, 0.15) is 31.2 Å². The molecule has 1 fully saturated rings. The van der Waals surface area contributed by atoms with Crippen molar-refractivity contribution < 1.29 is 4.92 Å². The van der Waals surface area contributed by atoms with Gasteiger partial charge < -0.3 is 5.32 Å². The predicted octanol–water partition coefficient (Wildman–Crippen LogP) is 4.01. The smallest absolute Gasteiger partial charge is 0.275 e. The van der Waals surface area contributed by atoms with Crippen LogP contribution in [0.3, 0.4) is 0 Å². The fraction of sp³-hybridized carbons (Fsp3) is 0.571. The second-order valence-corrected chi connectivity index (χ2v) is 6.59. The van der Waals surface area contributed by atoms with E-state index >= 15 is 0 Å². The molecule has 0 spiro atoms. The van der Waals surface area contributed by atoms with Crippen LogP contribution in [0.4, 0.5) is 5.69 Å². The molecular formula is C14H19ClN2O2S. The number of nitrogens with one attached hydrogen (secondary N) is 1. The Bertz CT molecular complexity index is 484. The predicted molar refractivity (Wildman–Crippen MR) is 84.5 cm³/mol. The Morgan fingerprint density at radius 3 is 2.90 bits per heavy atom. The van der Waals surface area contributed by atoms with E-state index in [4.69, 9.17) is 11.6 Å². The zero-order valence-electron chi connectivity index (χ0n) is 11.5. The van der Waals surface area contributed by atoms with Crippen molar-refractivity contribution >= 4 is 29.1 Å². The monoisotopic (exact) mass is 314 g/mol. The van der Waals surface area contributed by atoms with E-state index in [2.05, 4.69) is 11.6 Å². The molecule has 0 saturated heterocycles. The van der Waals surface area contributed by atoms with Crippen LogP contribution >= 0.6 is 23.4 Å². The fourth-order valence-corrected chi connectivity index (χ4v) is 3.84. The SMILES string of the molecule is CSC1CCCCC1NCc1ccc(Cl)cc1[N+](=O)[O-]. The first-order valence-corrected chi connectivity index (χ1v) is 8.47. The van der Waals surface area contributed by atoms with E-state index in [9.17, 15) is 10.1 Å². The molecule has 0 bridgehead atoms. The highest BCUT2D eigenvalue weighted by molar-refractivity contribution is 7.99. The molecule has 0 amide bonds. The molecule has 1 aliphatic carbocycles. The molecular weight excluding hydrogens is 296 g/mol. The van der Waals surface area contributed by atoms with Gasteiger partial charge in [0.1, 0.15) is 0 Å². The lowest BCUT2D eigenvalue weighted by atomic mass is 9.94. The van der Waals surface area contributed by atoms with E-state index in [-0.39, 0.29) is 10.6 Å². The van der Waals surface area contributed by atoms with Gasteiger partial charge in [-0.3, -0.25) is 10.1 Å². The summed E-state index contributed by atoms with van der Waals surface area (Å²) >= 11 is 7.71. The van der Waals surface area contributed by atoms with Gasteiger partial charge in [0.05, 0.1) is 4.92 Å². The van der Waals surface area contributed by atoms with Gasteiger partial charge in [-0.25, -0.2) is 0 Å². The van der Waals surface area contributed by atoms with Crippen molar-refractivity contribution in [2.45, 2.75) is 43.5 Å². The molecule has 0 heterocycles. The summed E-state index contributed by atoms with van der Waals surface area (Å²) in [4.78, 5) is 10.7. The molecule has 6 heteroatoms. The largest absolute Gasteiger partial charge is 0.309 e. The van der Waals surface area contributed by atoms with Gasteiger partial charge in [0.15, 0.2) is 0 Å². The van der Waals surface area contributed by atoms with Crippen molar-refractivity contribution in [3.05, 3.63) is 38.9 Å². The number of nitro groups is 1. The molecule has 0 aliphatic heterocycles. The van der Waals surface area contributed by atoms with E-state index < -0.39 is 0 Å². The van der Waals surface area contributed by atoms with Crippen molar-refractivity contribution in [3.63, 3.8) is 0 Å². The summed E-state index contributed by atoms with van der Waals surface area (Å²) in [6.07, 6.45) is 7.02. The summed E-state index contributed by atoms with van der Waals surface area (Å²) in [5.74, 6) is 0. The molecule has 1 aliphatic rings. The number of halogens is 1. The summed E-state index contributed by atoms with van der Waals surface area (Å²) in [6, 6.07) is 5.31. The molecule has 1 N–H and O–H groups in total. The van der Waals surface area contributed by atoms with E-state index in [0.717, 1.165) is 6.42 Å². The standard InChI is InChI=1S/C14H19ClN2O2S/c1-20-14-5-3-2-4-12(14)16-9-10-6-7-11(15)8-13(10)17(18)19/h6-8,12,14,16H,2-5,9H2,1H3. The minimum absolute atomic E-state index is 0.0986. The molecule has 20 heavy (non-hydrogen) atoms. The van der Waals surface area contributed by atoms with Gasteiger partial charge in [-0.1, -0.05) is 24.4 Å². The topological polar surface area (TPSA) is 55.2 Å². The van der Waals surface area contributed by atoms with Crippen LogP contribution in [0, 0.1) is 10.1 Å². The Balaban J connectivity index is 2.04. The summed E-state index contributed by atoms with van der Waals surface area (Å²) < 4.78 is 0. The third-order valence-corrected chi connectivity index (χ3v) is 5.21. The number of rotatable bonds is 5. The van der Waals surface area contributed by atoms with E-state index in [0.29, 0.717) is 28.4 Å². The number of nitro benzene ring substituents is 1. The van der Waals surface area contributed by atoms with E-state index in [1.54, 1.807) is 12.1 Å². The first-order chi connectivity index (χ1) is 9.61. The van der Waals surface area contributed by atoms with Crippen LogP contribution < -0.4 is 5.32 Å². The van der Waals surface area contributed by atoms with Crippen molar-refractivity contribution in [2.24, 2.45) is 0 Å². The quantitative estimate of drug-likeness (QED) is 0.659. The molecule has 1 aromatic carbocycles. The lowest BCUT2D eigenvalue weighted by Gasteiger charge is -2.31. The van der Waals surface area contributed by atoms with E-state index in [1.807, 2.05) is 11.8 Å². The van der Waals surface area contributed by atoms with Gasteiger partial charge in [-0.2, -0.15) is 11.8 Å². The van der Waals surface area contributed by atoms with Crippen molar-refractivity contribution in [2.75, 3.05) is 6.26 Å². The maximum atomic E-state index is 11.1. The molecule has 1 saturated carbocycles. The van der Waals surface area contributed by atoms with Gasteiger partial charge in [0.25, 0.3) is 5.69 Å². The average Bonchev–Trinajstić information content (AvgIpc) is 2.46. The molecule has 0 radical (unpaired) electrons. The summed E-state index contributed by atoms with van der Waals surface area (Å²) in [7, 11) is 0. The van der Waals surface area contributed by atoms with Crippen LogP contribution in [0.2, 0.25) is 5.02 Å². The maximum Gasteiger partial charge on any atom is 0.275 e. The van der Waals surface area contributed by atoms with Crippen molar-refractivity contribution in [3.8, 4) is 0 Å². The van der Waals surface area contributed by atoms with E-state index in [1.165, 1.54) is 25.3 Å². The Kier molecular flexibility index (Phi) is 5.69. The second kappa shape index (κ2) is 7.29. The molecule has 0 aromatic heterocycles. The van der Waals surface area contributed by atoms with Gasteiger partial charge in [0.2, 0.25) is 0 Å². The minimum Gasteiger partial charge on any atom is -0.309 e. The fourth-order valence-electron chi connectivity index (χ4n) is 2.71. The zero-order valence-corrected chi connectivity index (χ0v) is 13.0. The Morgan fingerprint density at radius 1 is 1.45 bits per heavy atom. The highest BCUT2D eigenvalue weighted by Gasteiger charge is 2.24. The average molecular weight is 315 g/mol. The number of nitrogens with zero attached hydrogens (tertiary/aromatic N) is 1. The first kappa shape index (κ1) is 15.6. The van der Waals surface area contributed by atoms with Crippen LogP contribution in [0.5, 0.6) is 0 Å². The third-order valence-electron chi connectivity index (χ3n) is 3.80. The highest BCUT2D eigenvalue weighted by atomic mass is 35.5. The summed E-state index contributed by atoms with van der Waals surface area (Å²) in [6.45, 7) is 0.523. The summed E-state index contributed by atoms with van der Waals surface area (Å²) in [5, 5.41) is 15.6. The molecule has 2 atom stereocenters. The molecule has 2 unspecified atom stereocenters. The first-order valence-electron chi connectivity index (χ1n) is 6.81. The maximum absolute atomic E-state index is 11.1. The minimum atomic E-state index is -0.365.